The summed E-state index contributed by atoms with van der Waals surface area (Å²) in [6, 6.07) is 2.23. The lowest BCUT2D eigenvalue weighted by Crippen LogP contribution is -2.67. The monoisotopic (exact) mass is 341 g/mol. The molecule has 2 aliphatic heterocycles. The smallest absolute Gasteiger partial charge is 0.316 e. The van der Waals surface area contributed by atoms with Crippen LogP contribution in [0.1, 0.15) is 29.0 Å². The van der Waals surface area contributed by atoms with Crippen LogP contribution < -0.4 is 4.74 Å². The van der Waals surface area contributed by atoms with Gasteiger partial charge in [-0.15, -0.1) is 0 Å². The third kappa shape index (κ3) is 3.30. The summed E-state index contributed by atoms with van der Waals surface area (Å²) < 4.78 is 11.9. The summed E-state index contributed by atoms with van der Waals surface area (Å²) in [7, 11) is 0. The van der Waals surface area contributed by atoms with Crippen LogP contribution in [-0.2, 0) is 4.74 Å². The summed E-state index contributed by atoms with van der Waals surface area (Å²) in [4.78, 5) is 30.6. The Balaban J connectivity index is 1.37. The van der Waals surface area contributed by atoms with E-state index in [-0.39, 0.29) is 17.6 Å². The van der Waals surface area contributed by atoms with Crippen LogP contribution in [-0.4, -0.2) is 62.1 Å². The molecule has 0 aliphatic carbocycles. The fourth-order valence-electron chi connectivity index (χ4n) is 3.30. The van der Waals surface area contributed by atoms with Crippen molar-refractivity contribution in [1.82, 2.24) is 24.8 Å². The standard InChI is InChI=1S/C17H19N5O3/c1-12-2-4-20-16(21-12)25-13-3-7-24-17(8-13)10-22(11-17)15(23)14-9-18-5-6-19-14/h2,4-6,9,13H,3,7-8,10-11H2,1H3/t13-/m0/s1. The molecule has 2 fully saturated rings. The Kier molecular flexibility index (Phi) is 4.04. The normalized spacial score (nSPS) is 21.6. The molecule has 0 bridgehead atoms. The molecule has 0 N–H and O–H groups in total. The number of carbonyl (C=O) groups is 1. The number of carbonyl (C=O) groups excluding carboxylic acids is 1. The van der Waals surface area contributed by atoms with Gasteiger partial charge in [0.2, 0.25) is 0 Å². The Hall–Kier alpha value is -2.61. The summed E-state index contributed by atoms with van der Waals surface area (Å²) in [5, 5.41) is 0. The Morgan fingerprint density at radius 2 is 2.20 bits per heavy atom. The minimum atomic E-state index is -0.343. The molecule has 130 valence electrons. The number of aryl methyl sites for hydroxylation is 1. The van der Waals surface area contributed by atoms with Gasteiger partial charge in [0.15, 0.2) is 0 Å². The number of aromatic nitrogens is 4. The van der Waals surface area contributed by atoms with Gasteiger partial charge in [0, 0.05) is 37.1 Å². The zero-order chi connectivity index (χ0) is 17.3. The summed E-state index contributed by atoms with van der Waals surface area (Å²) >= 11 is 0. The molecule has 8 nitrogen and oxygen atoms in total. The van der Waals surface area contributed by atoms with Gasteiger partial charge in [-0.2, -0.15) is 0 Å². The van der Waals surface area contributed by atoms with E-state index in [9.17, 15) is 4.79 Å². The minimum Gasteiger partial charge on any atom is -0.460 e. The SMILES string of the molecule is Cc1ccnc(O[C@H]2CCOC3(C2)CN(C(=O)c2cnccn2)C3)n1. The van der Waals surface area contributed by atoms with Gasteiger partial charge in [-0.3, -0.25) is 9.78 Å². The summed E-state index contributed by atoms with van der Waals surface area (Å²) in [5.41, 5.74) is 0.884. The molecule has 2 aromatic rings. The van der Waals surface area contributed by atoms with Crippen LogP contribution in [0.4, 0.5) is 0 Å². The Morgan fingerprint density at radius 1 is 1.32 bits per heavy atom. The molecule has 0 radical (unpaired) electrons. The molecule has 1 amide bonds. The van der Waals surface area contributed by atoms with Crippen molar-refractivity contribution in [3.63, 3.8) is 0 Å². The molecule has 4 rings (SSSR count). The van der Waals surface area contributed by atoms with Crippen molar-refractivity contribution in [2.75, 3.05) is 19.7 Å². The minimum absolute atomic E-state index is 0.00989. The van der Waals surface area contributed by atoms with Crippen molar-refractivity contribution in [1.29, 1.82) is 0 Å². The van der Waals surface area contributed by atoms with E-state index in [1.54, 1.807) is 17.3 Å². The molecule has 25 heavy (non-hydrogen) atoms. The quantitative estimate of drug-likeness (QED) is 0.823. The van der Waals surface area contributed by atoms with Gasteiger partial charge in [-0.1, -0.05) is 0 Å². The van der Waals surface area contributed by atoms with Crippen molar-refractivity contribution >= 4 is 5.91 Å². The zero-order valence-electron chi connectivity index (χ0n) is 14.0. The predicted molar refractivity (Wildman–Crippen MR) is 87.0 cm³/mol. The number of rotatable bonds is 3. The predicted octanol–water partition coefficient (Wildman–Crippen LogP) is 1.03. The highest BCUT2D eigenvalue weighted by Crippen LogP contribution is 2.35. The van der Waals surface area contributed by atoms with E-state index in [0.29, 0.717) is 37.8 Å². The van der Waals surface area contributed by atoms with E-state index in [1.165, 1.54) is 12.4 Å². The van der Waals surface area contributed by atoms with Crippen molar-refractivity contribution in [2.24, 2.45) is 0 Å². The average molecular weight is 341 g/mol. The maximum atomic E-state index is 12.4. The summed E-state index contributed by atoms with van der Waals surface area (Å²) in [6.07, 6.45) is 7.74. The van der Waals surface area contributed by atoms with Gasteiger partial charge in [-0.05, 0) is 13.0 Å². The molecule has 8 heteroatoms. The van der Waals surface area contributed by atoms with E-state index in [4.69, 9.17) is 9.47 Å². The molecular formula is C17H19N5O3. The Labute approximate surface area is 145 Å². The molecular weight excluding hydrogens is 322 g/mol. The van der Waals surface area contributed by atoms with E-state index in [1.807, 2.05) is 13.0 Å². The first kappa shape index (κ1) is 15.9. The van der Waals surface area contributed by atoms with Gasteiger partial charge < -0.3 is 14.4 Å². The van der Waals surface area contributed by atoms with Gasteiger partial charge in [0.25, 0.3) is 5.91 Å². The van der Waals surface area contributed by atoms with Gasteiger partial charge >= 0.3 is 6.01 Å². The van der Waals surface area contributed by atoms with Gasteiger partial charge in [0.1, 0.15) is 17.4 Å². The molecule has 2 aromatic heterocycles. The molecule has 0 aromatic carbocycles. The van der Waals surface area contributed by atoms with Crippen LogP contribution in [0.2, 0.25) is 0 Å². The average Bonchev–Trinajstić information content (AvgIpc) is 2.60. The number of likely N-dealkylation sites (tertiary alicyclic amines) is 1. The molecule has 2 saturated heterocycles. The second-order valence-corrected chi connectivity index (χ2v) is 6.50. The lowest BCUT2D eigenvalue weighted by Gasteiger charge is -2.52. The van der Waals surface area contributed by atoms with Crippen LogP contribution in [0.15, 0.2) is 30.9 Å². The van der Waals surface area contributed by atoms with Crippen molar-refractivity contribution in [3.05, 3.63) is 42.2 Å². The number of ether oxygens (including phenoxy) is 2. The number of hydrogen-bond donors (Lipinski definition) is 0. The molecule has 1 spiro atoms. The topological polar surface area (TPSA) is 90.3 Å². The van der Waals surface area contributed by atoms with E-state index >= 15 is 0 Å². The molecule has 4 heterocycles. The first-order valence-corrected chi connectivity index (χ1v) is 8.29. The van der Waals surface area contributed by atoms with Crippen molar-refractivity contribution < 1.29 is 14.3 Å². The second kappa shape index (κ2) is 6.36. The van der Waals surface area contributed by atoms with Crippen LogP contribution >= 0.6 is 0 Å². The van der Waals surface area contributed by atoms with Gasteiger partial charge in [0.05, 0.1) is 25.9 Å². The molecule has 1 atom stereocenters. The molecule has 0 unspecified atom stereocenters. The van der Waals surface area contributed by atoms with E-state index < -0.39 is 0 Å². The highest BCUT2D eigenvalue weighted by Gasteiger charge is 2.50. The molecule has 2 aliphatic rings. The van der Waals surface area contributed by atoms with Crippen molar-refractivity contribution in [3.8, 4) is 6.01 Å². The number of nitrogens with zero attached hydrogens (tertiary/aromatic N) is 5. The highest BCUT2D eigenvalue weighted by atomic mass is 16.5. The third-order valence-electron chi connectivity index (χ3n) is 4.52. The van der Waals surface area contributed by atoms with E-state index in [0.717, 1.165) is 12.1 Å². The summed E-state index contributed by atoms with van der Waals surface area (Å²) in [5.74, 6) is -0.118. The summed E-state index contributed by atoms with van der Waals surface area (Å²) in [6.45, 7) is 3.58. The van der Waals surface area contributed by atoms with Gasteiger partial charge in [-0.25, -0.2) is 15.0 Å². The first-order valence-electron chi connectivity index (χ1n) is 8.29. The highest BCUT2D eigenvalue weighted by molar-refractivity contribution is 5.92. The first-order chi connectivity index (χ1) is 12.1. The lowest BCUT2D eigenvalue weighted by atomic mass is 9.84. The van der Waals surface area contributed by atoms with Crippen LogP contribution in [0.25, 0.3) is 0 Å². The van der Waals surface area contributed by atoms with E-state index in [2.05, 4.69) is 19.9 Å². The molecule has 0 saturated carbocycles. The maximum Gasteiger partial charge on any atom is 0.316 e. The number of hydrogen-bond acceptors (Lipinski definition) is 7. The van der Waals surface area contributed by atoms with Crippen LogP contribution in [0.5, 0.6) is 6.01 Å². The fourth-order valence-corrected chi connectivity index (χ4v) is 3.30. The largest absolute Gasteiger partial charge is 0.460 e. The lowest BCUT2D eigenvalue weighted by molar-refractivity contribution is -0.174. The van der Waals surface area contributed by atoms with Crippen molar-refractivity contribution in [2.45, 2.75) is 31.5 Å². The Morgan fingerprint density at radius 3 is 2.96 bits per heavy atom. The van der Waals surface area contributed by atoms with Crippen LogP contribution in [0.3, 0.4) is 0 Å². The fraction of sp³-hybridized carbons (Fsp3) is 0.471. The zero-order valence-corrected chi connectivity index (χ0v) is 14.0. The number of amides is 1. The maximum absolute atomic E-state index is 12.4. The Bertz CT molecular complexity index is 764. The van der Waals surface area contributed by atoms with Crippen LogP contribution in [0, 0.1) is 6.92 Å². The third-order valence-corrected chi connectivity index (χ3v) is 4.52. The second-order valence-electron chi connectivity index (χ2n) is 6.50.